The van der Waals surface area contributed by atoms with Crippen LogP contribution in [0.1, 0.15) is 17.7 Å². The summed E-state index contributed by atoms with van der Waals surface area (Å²) in [6.07, 6.45) is 7.03. The fourth-order valence-corrected chi connectivity index (χ4v) is 4.07. The van der Waals surface area contributed by atoms with Crippen LogP contribution < -0.4 is 4.74 Å². The first kappa shape index (κ1) is 14.1. The van der Waals surface area contributed by atoms with Crippen molar-refractivity contribution in [1.29, 1.82) is 0 Å². The molecule has 1 atom stereocenters. The van der Waals surface area contributed by atoms with Crippen molar-refractivity contribution in [1.82, 2.24) is 14.9 Å². The Morgan fingerprint density at radius 1 is 1.41 bits per heavy atom. The molecule has 0 unspecified atom stereocenters. The summed E-state index contributed by atoms with van der Waals surface area (Å²) >= 11 is 1.82. The molecule has 2 saturated heterocycles. The van der Waals surface area contributed by atoms with Crippen molar-refractivity contribution in [3.05, 3.63) is 41.0 Å². The highest BCUT2D eigenvalue weighted by atomic mass is 32.1. The Hall–Kier alpha value is -1.50. The molecule has 5 nitrogen and oxygen atoms in total. The van der Waals surface area contributed by atoms with Crippen molar-refractivity contribution in [3.8, 4) is 5.88 Å². The maximum Gasteiger partial charge on any atom is 0.232 e. The molecule has 4 heterocycles. The zero-order valence-corrected chi connectivity index (χ0v) is 13.2. The van der Waals surface area contributed by atoms with Gasteiger partial charge < -0.3 is 9.47 Å². The smallest absolute Gasteiger partial charge is 0.232 e. The van der Waals surface area contributed by atoms with Gasteiger partial charge in [0.15, 0.2) is 0 Å². The molecule has 2 aliphatic rings. The van der Waals surface area contributed by atoms with Gasteiger partial charge in [-0.2, -0.15) is 0 Å². The van der Waals surface area contributed by atoms with Crippen LogP contribution in [0.3, 0.4) is 0 Å². The number of rotatable bonds is 4. The lowest BCUT2D eigenvalue weighted by molar-refractivity contribution is -0.188. The van der Waals surface area contributed by atoms with Crippen LogP contribution in [0.15, 0.2) is 36.1 Å². The number of hydrogen-bond donors (Lipinski definition) is 0. The van der Waals surface area contributed by atoms with Gasteiger partial charge in [0.05, 0.1) is 18.4 Å². The van der Waals surface area contributed by atoms with Crippen LogP contribution in [0.5, 0.6) is 5.88 Å². The van der Waals surface area contributed by atoms with Gasteiger partial charge in [-0.05, 0) is 11.4 Å². The molecule has 0 amide bonds. The molecule has 6 heteroatoms. The zero-order valence-electron chi connectivity index (χ0n) is 12.4. The van der Waals surface area contributed by atoms with Gasteiger partial charge in [-0.3, -0.25) is 9.88 Å². The topological polar surface area (TPSA) is 47.5 Å². The molecular weight excluding hydrogens is 298 g/mol. The van der Waals surface area contributed by atoms with Crippen LogP contribution in [-0.2, 0) is 11.3 Å². The Morgan fingerprint density at radius 2 is 2.36 bits per heavy atom. The Bertz CT molecular complexity index is 599. The average molecular weight is 317 g/mol. The molecule has 1 spiro atoms. The minimum absolute atomic E-state index is 0.0254. The van der Waals surface area contributed by atoms with Gasteiger partial charge in [-0.25, -0.2) is 4.98 Å². The summed E-state index contributed by atoms with van der Waals surface area (Å²) in [5.74, 6) is 0.610. The summed E-state index contributed by atoms with van der Waals surface area (Å²) in [4.78, 5) is 12.1. The predicted molar refractivity (Wildman–Crippen MR) is 84.0 cm³/mol. The number of likely N-dealkylation sites (tertiary alicyclic amines) is 1. The van der Waals surface area contributed by atoms with E-state index in [1.54, 1.807) is 18.6 Å². The molecule has 0 saturated carbocycles. The first-order chi connectivity index (χ1) is 10.8. The Balaban J connectivity index is 1.32. The molecule has 0 radical (unpaired) electrons. The molecular formula is C16H19N3O2S. The summed E-state index contributed by atoms with van der Waals surface area (Å²) in [5.41, 5.74) is -0.0254. The van der Waals surface area contributed by atoms with E-state index < -0.39 is 0 Å². The number of nitrogens with zero attached hydrogens (tertiary/aromatic N) is 3. The third-order valence-electron chi connectivity index (χ3n) is 4.26. The Labute approximate surface area is 133 Å². The largest absolute Gasteiger partial charge is 0.473 e. The second-order valence-corrected chi connectivity index (χ2v) is 7.06. The van der Waals surface area contributed by atoms with Crippen LogP contribution in [0.25, 0.3) is 0 Å². The number of aromatic nitrogens is 2. The van der Waals surface area contributed by atoms with E-state index in [1.807, 2.05) is 11.3 Å². The van der Waals surface area contributed by atoms with E-state index in [4.69, 9.17) is 9.47 Å². The van der Waals surface area contributed by atoms with E-state index in [9.17, 15) is 0 Å². The van der Waals surface area contributed by atoms with Gasteiger partial charge in [0.25, 0.3) is 0 Å². The number of hydrogen-bond acceptors (Lipinski definition) is 6. The molecule has 0 aliphatic carbocycles. The molecule has 2 aromatic heterocycles. The molecule has 2 aromatic rings. The SMILES string of the molecule is c1csc(CN2CC3(C[C@@H](Oc4cnccn4)CCO3)C2)c1. The fraction of sp³-hybridized carbons (Fsp3) is 0.500. The first-order valence-electron chi connectivity index (χ1n) is 7.63. The van der Waals surface area contributed by atoms with Gasteiger partial charge in [0.2, 0.25) is 5.88 Å². The maximum absolute atomic E-state index is 6.06. The van der Waals surface area contributed by atoms with Crippen LogP contribution in [0.4, 0.5) is 0 Å². The number of thiophene rings is 1. The van der Waals surface area contributed by atoms with E-state index in [2.05, 4.69) is 32.4 Å². The lowest BCUT2D eigenvalue weighted by Gasteiger charge is -2.53. The van der Waals surface area contributed by atoms with Gasteiger partial charge in [-0.1, -0.05) is 6.07 Å². The van der Waals surface area contributed by atoms with Crippen molar-refractivity contribution in [2.75, 3.05) is 19.7 Å². The summed E-state index contributed by atoms with van der Waals surface area (Å²) < 4.78 is 12.0. The van der Waals surface area contributed by atoms with Crippen molar-refractivity contribution >= 4 is 11.3 Å². The van der Waals surface area contributed by atoms with Crippen LogP contribution in [0.2, 0.25) is 0 Å². The summed E-state index contributed by atoms with van der Waals surface area (Å²) in [5, 5.41) is 2.13. The Morgan fingerprint density at radius 3 is 3.14 bits per heavy atom. The third kappa shape index (κ3) is 2.99. The van der Waals surface area contributed by atoms with E-state index in [0.717, 1.165) is 39.1 Å². The Kier molecular flexibility index (Phi) is 3.82. The molecule has 22 heavy (non-hydrogen) atoms. The molecule has 0 bridgehead atoms. The van der Waals surface area contributed by atoms with Crippen molar-refractivity contribution in [2.45, 2.75) is 31.1 Å². The van der Waals surface area contributed by atoms with Gasteiger partial charge in [-0.15, -0.1) is 11.3 Å². The van der Waals surface area contributed by atoms with Crippen molar-refractivity contribution in [3.63, 3.8) is 0 Å². The minimum atomic E-state index is -0.0254. The lowest BCUT2D eigenvalue weighted by atomic mass is 9.84. The fourth-order valence-electron chi connectivity index (χ4n) is 3.32. The average Bonchev–Trinajstić information content (AvgIpc) is 3.00. The summed E-state index contributed by atoms with van der Waals surface area (Å²) in [6, 6.07) is 4.30. The zero-order chi connectivity index (χ0) is 14.8. The summed E-state index contributed by atoms with van der Waals surface area (Å²) in [6.45, 7) is 3.77. The molecule has 116 valence electrons. The van der Waals surface area contributed by atoms with Gasteiger partial charge in [0.1, 0.15) is 6.10 Å². The van der Waals surface area contributed by atoms with E-state index in [1.165, 1.54) is 4.88 Å². The molecule has 2 aliphatic heterocycles. The van der Waals surface area contributed by atoms with Gasteiger partial charge in [0, 0.05) is 49.7 Å². The lowest BCUT2D eigenvalue weighted by Crippen LogP contribution is -2.65. The molecule has 0 N–H and O–H groups in total. The van der Waals surface area contributed by atoms with E-state index >= 15 is 0 Å². The highest BCUT2D eigenvalue weighted by molar-refractivity contribution is 7.09. The van der Waals surface area contributed by atoms with Crippen molar-refractivity contribution in [2.24, 2.45) is 0 Å². The molecule has 0 aromatic carbocycles. The highest BCUT2D eigenvalue weighted by Gasteiger charge is 2.48. The van der Waals surface area contributed by atoms with Crippen molar-refractivity contribution < 1.29 is 9.47 Å². The minimum Gasteiger partial charge on any atom is -0.473 e. The van der Waals surface area contributed by atoms with Crippen LogP contribution in [0, 0.1) is 0 Å². The standard InChI is InChI=1S/C16H19N3O2S/c1-2-14(22-7-1)10-19-11-16(12-19)8-13(3-6-20-16)21-15-9-17-4-5-18-15/h1-2,4-5,7,9,13H,3,6,8,10-12H2/t13-/m0/s1. The first-order valence-corrected chi connectivity index (χ1v) is 8.51. The monoisotopic (exact) mass is 317 g/mol. The number of ether oxygens (including phenoxy) is 2. The summed E-state index contributed by atoms with van der Waals surface area (Å²) in [7, 11) is 0. The molecule has 4 rings (SSSR count). The van der Waals surface area contributed by atoms with Crippen LogP contribution >= 0.6 is 11.3 Å². The molecule has 2 fully saturated rings. The van der Waals surface area contributed by atoms with E-state index in [0.29, 0.717) is 5.88 Å². The second-order valence-electron chi connectivity index (χ2n) is 6.03. The quantitative estimate of drug-likeness (QED) is 0.866. The predicted octanol–water partition coefficient (Wildman–Crippen LogP) is 2.35. The second kappa shape index (κ2) is 5.95. The third-order valence-corrected chi connectivity index (χ3v) is 5.12. The highest BCUT2D eigenvalue weighted by Crippen LogP contribution is 2.36. The normalized spacial score (nSPS) is 24.1. The van der Waals surface area contributed by atoms with Gasteiger partial charge >= 0.3 is 0 Å². The van der Waals surface area contributed by atoms with E-state index in [-0.39, 0.29) is 11.7 Å². The maximum atomic E-state index is 6.06. The van der Waals surface area contributed by atoms with Crippen LogP contribution in [-0.4, -0.2) is 46.3 Å².